The molecule has 128 valence electrons. The fraction of sp³-hybridized carbons (Fsp3) is 0.667. The summed E-state index contributed by atoms with van der Waals surface area (Å²) in [6.45, 7) is 11.9. The number of carbonyl (C=O) groups excluding carboxylic acids is 1. The number of nitrogens with zero attached hydrogens (tertiary/aromatic N) is 3. The topological polar surface area (TPSA) is 50.2 Å². The van der Waals surface area contributed by atoms with Gasteiger partial charge in [0.2, 0.25) is 5.91 Å². The highest BCUT2D eigenvalue weighted by molar-refractivity contribution is 5.91. The quantitative estimate of drug-likeness (QED) is 0.848. The van der Waals surface area contributed by atoms with Crippen LogP contribution in [0.25, 0.3) is 6.08 Å². The third-order valence-electron chi connectivity index (χ3n) is 4.57. The Bertz CT molecular complexity index is 551. The second kappa shape index (κ2) is 7.30. The molecule has 2 atom stereocenters. The maximum absolute atomic E-state index is 12.0. The molecule has 2 unspecified atom stereocenters. The van der Waals surface area contributed by atoms with E-state index in [2.05, 4.69) is 43.0 Å². The van der Waals surface area contributed by atoms with Crippen LogP contribution in [0.3, 0.4) is 0 Å². The van der Waals surface area contributed by atoms with Gasteiger partial charge in [0.15, 0.2) is 0 Å². The zero-order valence-corrected chi connectivity index (χ0v) is 15.0. The first kappa shape index (κ1) is 17.7. The highest BCUT2D eigenvalue weighted by Gasteiger charge is 2.32. The van der Waals surface area contributed by atoms with Gasteiger partial charge >= 0.3 is 0 Å². The minimum atomic E-state index is -0.0555. The van der Waals surface area contributed by atoms with Crippen LogP contribution in [-0.2, 0) is 11.8 Å². The Kier molecular flexibility index (Phi) is 5.63. The van der Waals surface area contributed by atoms with Gasteiger partial charge in [-0.1, -0.05) is 13.8 Å². The SMILES string of the molecule is CC1CC(C)CN(C(C)(C)CNC(=O)/C=C/c2cnn(C)c2)C1. The largest absolute Gasteiger partial charge is 0.351 e. The van der Waals surface area contributed by atoms with Crippen LogP contribution in [-0.4, -0.2) is 45.8 Å². The van der Waals surface area contributed by atoms with Crippen molar-refractivity contribution in [1.82, 2.24) is 20.0 Å². The molecule has 1 saturated heterocycles. The molecule has 0 bridgehead atoms. The van der Waals surface area contributed by atoms with E-state index in [1.807, 2.05) is 13.2 Å². The Hall–Kier alpha value is -1.62. The molecular weight excluding hydrogens is 288 g/mol. The third-order valence-corrected chi connectivity index (χ3v) is 4.57. The van der Waals surface area contributed by atoms with Gasteiger partial charge in [-0.15, -0.1) is 0 Å². The highest BCUT2D eigenvalue weighted by Crippen LogP contribution is 2.26. The highest BCUT2D eigenvalue weighted by atomic mass is 16.1. The number of piperidine rings is 1. The van der Waals surface area contributed by atoms with Gasteiger partial charge in [-0.2, -0.15) is 5.10 Å². The lowest BCUT2D eigenvalue weighted by Gasteiger charge is -2.45. The van der Waals surface area contributed by atoms with E-state index in [1.165, 1.54) is 6.42 Å². The van der Waals surface area contributed by atoms with E-state index in [4.69, 9.17) is 0 Å². The third kappa shape index (κ3) is 5.20. The Morgan fingerprint density at radius 3 is 2.61 bits per heavy atom. The summed E-state index contributed by atoms with van der Waals surface area (Å²) in [6, 6.07) is 0. The molecule has 2 rings (SSSR count). The summed E-state index contributed by atoms with van der Waals surface area (Å²) in [4.78, 5) is 14.5. The predicted molar refractivity (Wildman–Crippen MR) is 93.8 cm³/mol. The normalized spacial score (nSPS) is 23.3. The molecule has 1 aromatic heterocycles. The van der Waals surface area contributed by atoms with Crippen molar-refractivity contribution in [3.05, 3.63) is 24.0 Å². The zero-order valence-electron chi connectivity index (χ0n) is 15.0. The van der Waals surface area contributed by atoms with Gasteiger partial charge in [0.1, 0.15) is 0 Å². The molecule has 23 heavy (non-hydrogen) atoms. The minimum Gasteiger partial charge on any atom is -0.351 e. The second-order valence-corrected chi connectivity index (χ2v) is 7.66. The fourth-order valence-electron chi connectivity index (χ4n) is 3.33. The monoisotopic (exact) mass is 318 g/mol. The number of hydrogen-bond donors (Lipinski definition) is 1. The lowest BCUT2D eigenvalue weighted by atomic mass is 9.88. The fourth-order valence-corrected chi connectivity index (χ4v) is 3.33. The van der Waals surface area contributed by atoms with Crippen molar-refractivity contribution in [3.8, 4) is 0 Å². The van der Waals surface area contributed by atoms with Crippen molar-refractivity contribution in [2.45, 2.75) is 39.7 Å². The molecule has 5 nitrogen and oxygen atoms in total. The zero-order chi connectivity index (χ0) is 17.0. The molecule has 1 fully saturated rings. The minimum absolute atomic E-state index is 0.0270. The van der Waals surface area contributed by atoms with E-state index in [-0.39, 0.29) is 11.4 Å². The van der Waals surface area contributed by atoms with Crippen molar-refractivity contribution in [3.63, 3.8) is 0 Å². The van der Waals surface area contributed by atoms with Crippen LogP contribution in [0.5, 0.6) is 0 Å². The first-order chi connectivity index (χ1) is 10.8. The molecule has 1 N–H and O–H groups in total. The van der Waals surface area contributed by atoms with Crippen molar-refractivity contribution in [2.24, 2.45) is 18.9 Å². The van der Waals surface area contributed by atoms with E-state index in [0.717, 1.165) is 30.5 Å². The maximum atomic E-state index is 12.0. The average Bonchev–Trinajstić information content (AvgIpc) is 2.88. The second-order valence-electron chi connectivity index (χ2n) is 7.66. The molecule has 1 aromatic rings. The summed E-state index contributed by atoms with van der Waals surface area (Å²) in [5.41, 5.74) is 0.904. The first-order valence-electron chi connectivity index (χ1n) is 8.46. The van der Waals surface area contributed by atoms with Gasteiger partial charge in [0, 0.05) is 50.1 Å². The molecule has 0 spiro atoms. The Balaban J connectivity index is 1.85. The van der Waals surface area contributed by atoms with Gasteiger partial charge in [-0.05, 0) is 38.2 Å². The predicted octanol–water partition coefficient (Wildman–Crippen LogP) is 2.31. The summed E-state index contributed by atoms with van der Waals surface area (Å²) in [5, 5.41) is 7.11. The van der Waals surface area contributed by atoms with Crippen molar-refractivity contribution >= 4 is 12.0 Å². The first-order valence-corrected chi connectivity index (χ1v) is 8.46. The van der Waals surface area contributed by atoms with E-state index >= 15 is 0 Å². The molecule has 1 amide bonds. The van der Waals surface area contributed by atoms with Gasteiger partial charge in [-0.25, -0.2) is 0 Å². The number of nitrogens with one attached hydrogen (secondary N) is 1. The van der Waals surface area contributed by atoms with Gasteiger partial charge < -0.3 is 5.32 Å². The van der Waals surface area contributed by atoms with E-state index in [1.54, 1.807) is 23.0 Å². The van der Waals surface area contributed by atoms with Crippen LogP contribution in [0.15, 0.2) is 18.5 Å². The lowest BCUT2D eigenvalue weighted by molar-refractivity contribution is -0.117. The average molecular weight is 318 g/mol. The van der Waals surface area contributed by atoms with Crippen molar-refractivity contribution < 1.29 is 4.79 Å². The molecule has 0 aromatic carbocycles. The summed E-state index contributed by atoms with van der Waals surface area (Å²) in [6.07, 6.45) is 8.29. The van der Waals surface area contributed by atoms with Crippen LogP contribution < -0.4 is 5.32 Å². The molecule has 0 saturated carbocycles. The lowest BCUT2D eigenvalue weighted by Crippen LogP contribution is -2.56. The van der Waals surface area contributed by atoms with E-state index < -0.39 is 0 Å². The van der Waals surface area contributed by atoms with E-state index in [0.29, 0.717) is 6.54 Å². The number of rotatable bonds is 5. The van der Waals surface area contributed by atoms with Gasteiger partial charge in [0.05, 0.1) is 6.20 Å². The molecule has 1 aliphatic rings. The Labute approximate surface area is 139 Å². The number of amides is 1. The molecule has 0 aliphatic carbocycles. The number of hydrogen-bond acceptors (Lipinski definition) is 3. The molecule has 0 radical (unpaired) electrons. The number of aromatic nitrogens is 2. The summed E-state index contributed by atoms with van der Waals surface area (Å²) in [5.74, 6) is 1.39. The Morgan fingerprint density at radius 2 is 2.04 bits per heavy atom. The summed E-state index contributed by atoms with van der Waals surface area (Å²) in [7, 11) is 1.86. The van der Waals surface area contributed by atoms with Crippen LogP contribution in [0.2, 0.25) is 0 Å². The van der Waals surface area contributed by atoms with Crippen LogP contribution in [0.1, 0.15) is 39.7 Å². The van der Waals surface area contributed by atoms with Crippen molar-refractivity contribution in [2.75, 3.05) is 19.6 Å². The van der Waals surface area contributed by atoms with E-state index in [9.17, 15) is 4.79 Å². The van der Waals surface area contributed by atoms with Crippen LogP contribution in [0, 0.1) is 11.8 Å². The standard InChI is InChI=1S/C18H30N4O/c1-14-8-15(2)11-22(10-14)18(3,4)13-19-17(23)7-6-16-9-20-21(5)12-16/h6-7,9,12,14-15H,8,10-11,13H2,1-5H3,(H,19,23)/b7-6+. The van der Waals surface area contributed by atoms with Gasteiger partial charge in [0.25, 0.3) is 0 Å². The van der Waals surface area contributed by atoms with Crippen molar-refractivity contribution in [1.29, 1.82) is 0 Å². The van der Waals surface area contributed by atoms with Crippen LogP contribution >= 0.6 is 0 Å². The summed E-state index contributed by atoms with van der Waals surface area (Å²) >= 11 is 0. The molecule has 2 heterocycles. The number of likely N-dealkylation sites (tertiary alicyclic amines) is 1. The summed E-state index contributed by atoms with van der Waals surface area (Å²) < 4.78 is 1.72. The molecule has 1 aliphatic heterocycles. The smallest absolute Gasteiger partial charge is 0.244 e. The van der Waals surface area contributed by atoms with Gasteiger partial charge in [-0.3, -0.25) is 14.4 Å². The number of carbonyl (C=O) groups is 1. The molecule has 5 heteroatoms. The van der Waals surface area contributed by atoms with Crippen LogP contribution in [0.4, 0.5) is 0 Å². The number of aryl methyl sites for hydroxylation is 1. The Morgan fingerprint density at radius 1 is 1.39 bits per heavy atom. The molecular formula is C18H30N4O. The maximum Gasteiger partial charge on any atom is 0.244 e.